The number of alkyl halides is 3. The zero-order chi connectivity index (χ0) is 19.4. The van der Waals surface area contributed by atoms with Crippen molar-refractivity contribution < 1.29 is 22.6 Å². The van der Waals surface area contributed by atoms with E-state index in [4.69, 9.17) is 4.74 Å². The molecule has 0 saturated carbocycles. The maximum atomic E-state index is 12.5. The zero-order valence-corrected chi connectivity index (χ0v) is 18.2. The summed E-state index contributed by atoms with van der Waals surface area (Å²) in [4.78, 5) is 0. The van der Waals surface area contributed by atoms with E-state index in [-0.39, 0.29) is 5.76 Å². The van der Waals surface area contributed by atoms with E-state index in [1.54, 1.807) is 24.3 Å². The molecule has 0 aliphatic heterocycles. The molecule has 1 aromatic carbocycles. The molecule has 0 amide bonds. The molecular formula is C18H26BrF3O2Si. The third-order valence-electron chi connectivity index (χ3n) is 4.04. The van der Waals surface area contributed by atoms with E-state index in [1.165, 1.54) is 0 Å². The second kappa shape index (κ2) is 8.62. The summed E-state index contributed by atoms with van der Waals surface area (Å²) in [6.07, 6.45) is -4.09. The van der Waals surface area contributed by atoms with Crippen LogP contribution in [-0.2, 0) is 9.47 Å². The Balaban J connectivity index is 3.21. The Labute approximate surface area is 158 Å². The Morgan fingerprint density at radius 1 is 1.04 bits per heavy atom. The van der Waals surface area contributed by atoms with Gasteiger partial charge in [-0.25, -0.2) is 0 Å². The molecular weight excluding hydrogens is 413 g/mol. The van der Waals surface area contributed by atoms with Crippen molar-refractivity contribution in [2.45, 2.75) is 64.2 Å². The van der Waals surface area contributed by atoms with Crippen molar-refractivity contribution in [3.8, 4) is 0 Å². The fourth-order valence-corrected chi connectivity index (χ4v) is 8.89. The molecule has 0 N–H and O–H groups in total. The first-order valence-electron chi connectivity index (χ1n) is 8.23. The third-order valence-corrected chi connectivity index (χ3v) is 9.17. The summed E-state index contributed by atoms with van der Waals surface area (Å²) in [5, 5.41) is -0.532. The van der Waals surface area contributed by atoms with Gasteiger partial charge >= 0.3 is 6.36 Å². The summed E-state index contributed by atoms with van der Waals surface area (Å²) in [5.41, 5.74) is 1.44. The summed E-state index contributed by atoms with van der Waals surface area (Å²) in [6, 6.07) is 6.92. The molecule has 0 aliphatic carbocycles. The summed E-state index contributed by atoms with van der Waals surface area (Å²) < 4.78 is 48.5. The van der Waals surface area contributed by atoms with Gasteiger partial charge in [0, 0.05) is 10.0 Å². The summed E-state index contributed by atoms with van der Waals surface area (Å²) in [7, 11) is -1.46. The standard InChI is InChI=1S/C18H26BrF3O2Si/c1-12(2)25(13(3)4)17(5,6)24-16(11-23-18(20,21)22)14-7-9-15(19)10-8-14/h7-13,25H,1-6H3. The number of rotatable bonds is 7. The quantitative estimate of drug-likeness (QED) is 0.349. The van der Waals surface area contributed by atoms with Crippen LogP contribution in [0.1, 0.15) is 47.1 Å². The van der Waals surface area contributed by atoms with Gasteiger partial charge < -0.3 is 9.47 Å². The lowest BCUT2D eigenvalue weighted by Gasteiger charge is -2.39. The smallest absolute Gasteiger partial charge is 0.488 e. The Morgan fingerprint density at radius 3 is 1.92 bits per heavy atom. The fourth-order valence-electron chi connectivity index (χ4n) is 3.61. The van der Waals surface area contributed by atoms with E-state index in [1.807, 2.05) is 13.8 Å². The third kappa shape index (κ3) is 7.05. The fraction of sp³-hybridized carbons (Fsp3) is 0.556. The minimum atomic E-state index is -4.75. The Hall–Kier alpha value is -0.953. The Kier molecular flexibility index (Phi) is 7.62. The maximum Gasteiger partial charge on any atom is 0.572 e. The lowest BCUT2D eigenvalue weighted by atomic mass is 10.2. The van der Waals surface area contributed by atoms with Gasteiger partial charge in [0.25, 0.3) is 0 Å². The van der Waals surface area contributed by atoms with Crippen molar-refractivity contribution in [3.05, 3.63) is 40.6 Å². The molecule has 0 aliphatic rings. The molecule has 0 heterocycles. The molecule has 0 bridgehead atoms. The lowest BCUT2D eigenvalue weighted by Crippen LogP contribution is -2.46. The molecule has 2 nitrogen and oxygen atoms in total. The number of hydrogen-bond donors (Lipinski definition) is 0. The van der Waals surface area contributed by atoms with Crippen molar-refractivity contribution in [3.63, 3.8) is 0 Å². The predicted octanol–water partition coefficient (Wildman–Crippen LogP) is 6.67. The van der Waals surface area contributed by atoms with Crippen molar-refractivity contribution in [1.29, 1.82) is 0 Å². The first-order valence-corrected chi connectivity index (χ1v) is 10.9. The molecule has 7 heteroatoms. The molecule has 142 valence electrons. The van der Waals surface area contributed by atoms with Crippen LogP contribution < -0.4 is 0 Å². The topological polar surface area (TPSA) is 18.5 Å². The highest BCUT2D eigenvalue weighted by Crippen LogP contribution is 2.35. The van der Waals surface area contributed by atoms with Gasteiger partial charge in [-0.3, -0.25) is 0 Å². The first-order chi connectivity index (χ1) is 11.3. The van der Waals surface area contributed by atoms with E-state index in [2.05, 4.69) is 48.4 Å². The SMILES string of the molecule is CC(C)[SiH](C(C)C)C(C)(C)OC(=COC(F)(F)F)c1ccc(Br)cc1. The predicted molar refractivity (Wildman–Crippen MR) is 102 cm³/mol. The average molecular weight is 439 g/mol. The van der Waals surface area contributed by atoms with Crippen molar-refractivity contribution >= 4 is 30.5 Å². The van der Waals surface area contributed by atoms with Crippen LogP contribution in [0.5, 0.6) is 0 Å². The lowest BCUT2D eigenvalue weighted by molar-refractivity contribution is -0.298. The van der Waals surface area contributed by atoms with Crippen LogP contribution in [0, 0.1) is 0 Å². The molecule has 0 aromatic heterocycles. The van der Waals surface area contributed by atoms with Gasteiger partial charge in [0.05, 0.1) is 14.0 Å². The molecule has 0 radical (unpaired) electrons. The molecule has 0 fully saturated rings. The number of hydrogen-bond acceptors (Lipinski definition) is 2. The molecule has 1 aromatic rings. The summed E-state index contributed by atoms with van der Waals surface area (Å²) in [6.45, 7) is 12.5. The Morgan fingerprint density at radius 2 is 1.52 bits per heavy atom. The van der Waals surface area contributed by atoms with Crippen LogP contribution in [0.25, 0.3) is 5.76 Å². The van der Waals surface area contributed by atoms with Gasteiger partial charge in [0.15, 0.2) is 5.76 Å². The van der Waals surface area contributed by atoms with E-state index in [0.717, 1.165) is 4.47 Å². The van der Waals surface area contributed by atoms with Gasteiger partial charge in [-0.2, -0.15) is 0 Å². The van der Waals surface area contributed by atoms with Gasteiger partial charge in [0.2, 0.25) is 0 Å². The normalized spacial score (nSPS) is 13.7. The van der Waals surface area contributed by atoms with Crippen LogP contribution in [-0.4, -0.2) is 20.4 Å². The van der Waals surface area contributed by atoms with Gasteiger partial charge in [-0.05, 0) is 37.1 Å². The summed E-state index contributed by atoms with van der Waals surface area (Å²) in [5.74, 6) is 0.0913. The van der Waals surface area contributed by atoms with E-state index < -0.39 is 20.4 Å². The zero-order valence-electron chi connectivity index (χ0n) is 15.4. The van der Waals surface area contributed by atoms with Crippen LogP contribution in [0.4, 0.5) is 13.2 Å². The van der Waals surface area contributed by atoms with Gasteiger partial charge in [-0.1, -0.05) is 55.8 Å². The van der Waals surface area contributed by atoms with Crippen LogP contribution in [0.3, 0.4) is 0 Å². The minimum absolute atomic E-state index is 0.0913. The second-order valence-corrected chi connectivity index (χ2v) is 13.3. The van der Waals surface area contributed by atoms with Gasteiger partial charge in [-0.15, -0.1) is 13.2 Å². The number of ether oxygens (including phenoxy) is 2. The molecule has 0 atom stereocenters. The summed E-state index contributed by atoms with van der Waals surface area (Å²) >= 11 is 3.32. The highest BCUT2D eigenvalue weighted by Gasteiger charge is 2.39. The van der Waals surface area contributed by atoms with E-state index in [0.29, 0.717) is 22.9 Å². The average Bonchev–Trinajstić information content (AvgIpc) is 2.42. The van der Waals surface area contributed by atoms with Crippen molar-refractivity contribution in [1.82, 2.24) is 0 Å². The molecule has 0 unspecified atom stereocenters. The maximum absolute atomic E-state index is 12.5. The number of halogens is 4. The van der Waals surface area contributed by atoms with Crippen molar-refractivity contribution in [2.24, 2.45) is 0 Å². The second-order valence-electron chi connectivity index (χ2n) is 7.27. The van der Waals surface area contributed by atoms with Crippen LogP contribution >= 0.6 is 15.9 Å². The minimum Gasteiger partial charge on any atom is -0.488 e. The highest BCUT2D eigenvalue weighted by molar-refractivity contribution is 9.10. The molecule has 0 saturated heterocycles. The largest absolute Gasteiger partial charge is 0.572 e. The molecule has 0 spiro atoms. The van der Waals surface area contributed by atoms with Crippen LogP contribution in [0.2, 0.25) is 11.1 Å². The molecule has 25 heavy (non-hydrogen) atoms. The first kappa shape index (κ1) is 22.1. The number of benzene rings is 1. The monoisotopic (exact) mass is 438 g/mol. The van der Waals surface area contributed by atoms with Crippen LogP contribution in [0.15, 0.2) is 35.0 Å². The Bertz CT molecular complexity index is 573. The van der Waals surface area contributed by atoms with Gasteiger partial charge in [0.1, 0.15) is 6.26 Å². The van der Waals surface area contributed by atoms with E-state index in [9.17, 15) is 13.2 Å². The van der Waals surface area contributed by atoms with Crippen molar-refractivity contribution in [2.75, 3.05) is 0 Å². The molecule has 1 rings (SSSR count). The highest BCUT2D eigenvalue weighted by atomic mass is 79.9. The van der Waals surface area contributed by atoms with E-state index >= 15 is 0 Å².